The van der Waals surface area contributed by atoms with Crippen molar-refractivity contribution in [2.24, 2.45) is 5.92 Å². The van der Waals surface area contributed by atoms with E-state index in [-0.39, 0.29) is 17.9 Å². The number of hydrogen-bond donors (Lipinski definition) is 2. The maximum Gasteiger partial charge on any atom is 0.220 e. The minimum absolute atomic E-state index is 0.00663. The van der Waals surface area contributed by atoms with Crippen molar-refractivity contribution >= 4 is 11.6 Å². The Morgan fingerprint density at radius 3 is 2.50 bits per heavy atom. The Balaban J connectivity index is 2.46. The summed E-state index contributed by atoms with van der Waals surface area (Å²) >= 11 is 0. The third-order valence-electron chi connectivity index (χ3n) is 2.80. The summed E-state index contributed by atoms with van der Waals surface area (Å²) in [6.07, 6.45) is 0.479. The summed E-state index contributed by atoms with van der Waals surface area (Å²) in [5.74, 6) is 0.275. The highest BCUT2D eigenvalue weighted by Gasteiger charge is 2.12. The molecule has 18 heavy (non-hydrogen) atoms. The molecule has 0 bridgehead atoms. The number of benzene rings is 1. The molecule has 0 radical (unpaired) electrons. The SMILES string of the molecule is COCC(C)CC(=O)NC(C)c1ccc(N)cc1. The molecule has 0 spiro atoms. The molecule has 1 aromatic carbocycles. The molecule has 0 aliphatic carbocycles. The Morgan fingerprint density at radius 2 is 1.94 bits per heavy atom. The normalized spacial score (nSPS) is 13.9. The van der Waals surface area contributed by atoms with Crippen LogP contribution in [-0.2, 0) is 9.53 Å². The number of ether oxygens (including phenoxy) is 1. The van der Waals surface area contributed by atoms with Crippen LogP contribution in [0.4, 0.5) is 5.69 Å². The Bertz CT molecular complexity index is 376. The monoisotopic (exact) mass is 250 g/mol. The molecule has 100 valence electrons. The summed E-state index contributed by atoms with van der Waals surface area (Å²) in [5, 5.41) is 2.97. The van der Waals surface area contributed by atoms with Crippen LogP contribution in [0.5, 0.6) is 0 Å². The van der Waals surface area contributed by atoms with Crippen LogP contribution < -0.4 is 11.1 Å². The molecule has 4 heteroatoms. The van der Waals surface area contributed by atoms with Gasteiger partial charge >= 0.3 is 0 Å². The number of methoxy groups -OCH3 is 1. The molecule has 1 rings (SSSR count). The van der Waals surface area contributed by atoms with Gasteiger partial charge in [0, 0.05) is 25.8 Å². The molecule has 0 saturated carbocycles. The zero-order valence-electron chi connectivity index (χ0n) is 11.3. The number of carbonyl (C=O) groups is 1. The molecule has 3 N–H and O–H groups in total. The Morgan fingerprint density at radius 1 is 1.33 bits per heavy atom. The van der Waals surface area contributed by atoms with Crippen molar-refractivity contribution in [3.63, 3.8) is 0 Å². The lowest BCUT2D eigenvalue weighted by molar-refractivity contribution is -0.122. The van der Waals surface area contributed by atoms with Crippen LogP contribution in [-0.4, -0.2) is 19.6 Å². The third-order valence-corrected chi connectivity index (χ3v) is 2.80. The van der Waals surface area contributed by atoms with Gasteiger partial charge < -0.3 is 15.8 Å². The quantitative estimate of drug-likeness (QED) is 0.760. The summed E-state index contributed by atoms with van der Waals surface area (Å²) in [7, 11) is 1.64. The average Bonchev–Trinajstić information content (AvgIpc) is 2.29. The molecule has 0 saturated heterocycles. The molecule has 0 aromatic heterocycles. The lowest BCUT2D eigenvalue weighted by atomic mass is 10.1. The van der Waals surface area contributed by atoms with E-state index in [1.165, 1.54) is 0 Å². The number of nitrogen functional groups attached to an aromatic ring is 1. The van der Waals surface area contributed by atoms with Crippen molar-refractivity contribution in [1.29, 1.82) is 0 Å². The second-order valence-electron chi connectivity index (χ2n) is 4.72. The van der Waals surface area contributed by atoms with E-state index < -0.39 is 0 Å². The second-order valence-corrected chi connectivity index (χ2v) is 4.72. The van der Waals surface area contributed by atoms with Crippen LogP contribution in [0.15, 0.2) is 24.3 Å². The van der Waals surface area contributed by atoms with Crippen LogP contribution in [0.1, 0.15) is 31.9 Å². The predicted octanol–water partition coefficient (Wildman–Crippen LogP) is 2.12. The summed E-state index contributed by atoms with van der Waals surface area (Å²) in [6.45, 7) is 4.56. The number of rotatable bonds is 6. The van der Waals surface area contributed by atoms with E-state index >= 15 is 0 Å². The maximum absolute atomic E-state index is 11.8. The number of hydrogen-bond acceptors (Lipinski definition) is 3. The first-order valence-electron chi connectivity index (χ1n) is 6.16. The molecule has 2 unspecified atom stereocenters. The van der Waals surface area contributed by atoms with Crippen LogP contribution >= 0.6 is 0 Å². The Hall–Kier alpha value is -1.55. The largest absolute Gasteiger partial charge is 0.399 e. The highest BCUT2D eigenvalue weighted by Crippen LogP contribution is 2.14. The molecule has 0 aliphatic heterocycles. The van der Waals surface area contributed by atoms with Crippen molar-refractivity contribution < 1.29 is 9.53 Å². The summed E-state index contributed by atoms with van der Waals surface area (Å²) < 4.78 is 5.01. The van der Waals surface area contributed by atoms with Gasteiger partial charge in [0.15, 0.2) is 0 Å². The van der Waals surface area contributed by atoms with Gasteiger partial charge in [-0.25, -0.2) is 0 Å². The Labute approximate surface area is 109 Å². The van der Waals surface area contributed by atoms with Crippen molar-refractivity contribution in [1.82, 2.24) is 5.32 Å². The lowest BCUT2D eigenvalue weighted by Crippen LogP contribution is -2.28. The van der Waals surface area contributed by atoms with E-state index in [4.69, 9.17) is 10.5 Å². The van der Waals surface area contributed by atoms with Gasteiger partial charge in [-0.3, -0.25) is 4.79 Å². The molecule has 0 aliphatic rings. The molecular formula is C14H22N2O2. The summed E-state index contributed by atoms with van der Waals surface area (Å²) in [5.41, 5.74) is 7.41. The van der Waals surface area contributed by atoms with Crippen LogP contribution in [0, 0.1) is 5.92 Å². The number of nitrogens with two attached hydrogens (primary N) is 1. The molecule has 0 heterocycles. The maximum atomic E-state index is 11.8. The van der Waals surface area contributed by atoms with Gasteiger partial charge in [-0.2, -0.15) is 0 Å². The van der Waals surface area contributed by atoms with E-state index in [9.17, 15) is 4.79 Å². The van der Waals surface area contributed by atoms with Gasteiger partial charge in [-0.15, -0.1) is 0 Å². The van der Waals surface area contributed by atoms with Gasteiger partial charge in [-0.1, -0.05) is 19.1 Å². The number of nitrogens with one attached hydrogen (secondary N) is 1. The average molecular weight is 250 g/mol. The van der Waals surface area contributed by atoms with Crippen LogP contribution in [0.25, 0.3) is 0 Å². The highest BCUT2D eigenvalue weighted by atomic mass is 16.5. The number of carbonyl (C=O) groups excluding carboxylic acids is 1. The van der Waals surface area contributed by atoms with Gasteiger partial charge in [0.05, 0.1) is 6.04 Å². The molecule has 4 nitrogen and oxygen atoms in total. The first-order valence-corrected chi connectivity index (χ1v) is 6.16. The van der Waals surface area contributed by atoms with Crippen molar-refractivity contribution in [2.75, 3.05) is 19.5 Å². The topological polar surface area (TPSA) is 64.3 Å². The molecule has 1 amide bonds. The first-order chi connectivity index (χ1) is 8.52. The fraction of sp³-hybridized carbons (Fsp3) is 0.500. The first kappa shape index (κ1) is 14.5. The minimum atomic E-state index is -0.00663. The zero-order chi connectivity index (χ0) is 13.5. The van der Waals surface area contributed by atoms with E-state index in [1.807, 2.05) is 38.1 Å². The summed E-state index contributed by atoms with van der Waals surface area (Å²) in [4.78, 5) is 11.8. The van der Waals surface area contributed by atoms with Crippen LogP contribution in [0.2, 0.25) is 0 Å². The Kier molecular flexibility index (Phi) is 5.65. The zero-order valence-corrected chi connectivity index (χ0v) is 11.3. The standard InChI is InChI=1S/C14H22N2O2/c1-10(9-18-3)8-14(17)16-11(2)12-4-6-13(15)7-5-12/h4-7,10-11H,8-9,15H2,1-3H3,(H,16,17). The second kappa shape index (κ2) is 7.01. The fourth-order valence-corrected chi connectivity index (χ4v) is 1.83. The number of anilines is 1. The van der Waals surface area contributed by atoms with Gasteiger partial charge in [0.2, 0.25) is 5.91 Å². The van der Waals surface area contributed by atoms with E-state index in [2.05, 4.69) is 5.32 Å². The lowest BCUT2D eigenvalue weighted by Gasteiger charge is -2.16. The van der Waals surface area contributed by atoms with Crippen molar-refractivity contribution in [3.8, 4) is 0 Å². The molecular weight excluding hydrogens is 228 g/mol. The van der Waals surface area contributed by atoms with Crippen molar-refractivity contribution in [3.05, 3.63) is 29.8 Å². The van der Waals surface area contributed by atoms with Crippen LogP contribution in [0.3, 0.4) is 0 Å². The third kappa shape index (κ3) is 4.75. The summed E-state index contributed by atoms with van der Waals surface area (Å²) in [6, 6.07) is 7.53. The number of amides is 1. The fourth-order valence-electron chi connectivity index (χ4n) is 1.83. The van der Waals surface area contributed by atoms with E-state index in [0.717, 1.165) is 11.3 Å². The molecule has 1 aromatic rings. The molecule has 2 atom stereocenters. The van der Waals surface area contributed by atoms with Gasteiger partial charge in [-0.05, 0) is 30.5 Å². The van der Waals surface area contributed by atoms with E-state index in [1.54, 1.807) is 7.11 Å². The minimum Gasteiger partial charge on any atom is -0.399 e. The predicted molar refractivity (Wildman–Crippen MR) is 73.1 cm³/mol. The van der Waals surface area contributed by atoms with Gasteiger partial charge in [0.25, 0.3) is 0 Å². The molecule has 0 fully saturated rings. The smallest absolute Gasteiger partial charge is 0.220 e. The highest BCUT2D eigenvalue weighted by molar-refractivity contribution is 5.76. The van der Waals surface area contributed by atoms with Crippen molar-refractivity contribution in [2.45, 2.75) is 26.3 Å². The van der Waals surface area contributed by atoms with E-state index in [0.29, 0.717) is 13.0 Å². The van der Waals surface area contributed by atoms with Gasteiger partial charge in [0.1, 0.15) is 0 Å².